The van der Waals surface area contributed by atoms with Gasteiger partial charge in [0.05, 0.1) is 6.42 Å². The molecular formula is C5H4ClNO2. The van der Waals surface area contributed by atoms with Crippen LogP contribution in [0.4, 0.5) is 0 Å². The number of hydrogen-bond donors (Lipinski definition) is 1. The zero-order chi connectivity index (χ0) is 6.85. The van der Waals surface area contributed by atoms with Gasteiger partial charge in [-0.05, 0) is 0 Å². The summed E-state index contributed by atoms with van der Waals surface area (Å²) in [7, 11) is 0. The Balaban J connectivity index is 2.79. The van der Waals surface area contributed by atoms with Crippen LogP contribution in [-0.2, 0) is 9.59 Å². The summed E-state index contributed by atoms with van der Waals surface area (Å²) in [5, 5.41) is 2.40. The van der Waals surface area contributed by atoms with Gasteiger partial charge >= 0.3 is 0 Å². The number of allylic oxidation sites excluding steroid dienone is 1. The first kappa shape index (κ1) is 6.29. The Morgan fingerprint density at radius 1 is 1.56 bits per heavy atom. The van der Waals surface area contributed by atoms with Gasteiger partial charge in [0.25, 0.3) is 0 Å². The summed E-state index contributed by atoms with van der Waals surface area (Å²) in [5.74, 6) is -0.621. The minimum atomic E-state index is -0.319. The predicted octanol–water partition coefficient (Wildman–Crippen LogP) is 0.156. The van der Waals surface area contributed by atoms with E-state index in [0.29, 0.717) is 0 Å². The average molecular weight is 146 g/mol. The molecule has 0 saturated heterocycles. The van der Waals surface area contributed by atoms with E-state index in [0.717, 1.165) is 0 Å². The molecule has 1 N–H and O–H groups in total. The molecule has 0 radical (unpaired) electrons. The molecule has 0 aromatic carbocycles. The van der Waals surface area contributed by atoms with Crippen LogP contribution in [0.25, 0.3) is 0 Å². The molecule has 0 unspecified atom stereocenters. The van der Waals surface area contributed by atoms with Gasteiger partial charge in [0.1, 0.15) is 5.03 Å². The number of Topliss-reactive ketones (excluding diaryl/α,β-unsaturated/α-hetero) is 1. The number of halogens is 1. The molecule has 0 atom stereocenters. The fraction of sp³-hybridized carbons (Fsp3) is 0.200. The molecule has 9 heavy (non-hydrogen) atoms. The van der Waals surface area contributed by atoms with E-state index < -0.39 is 0 Å². The number of nitrogens with one attached hydrogen (secondary N) is 1. The quantitative estimate of drug-likeness (QED) is 0.494. The van der Waals surface area contributed by atoms with Gasteiger partial charge in [-0.15, -0.1) is 0 Å². The lowest BCUT2D eigenvalue weighted by Gasteiger charge is -2.04. The molecule has 0 fully saturated rings. The molecule has 1 heterocycles. The van der Waals surface area contributed by atoms with Gasteiger partial charge in [-0.3, -0.25) is 9.59 Å². The molecule has 0 spiro atoms. The summed E-state index contributed by atoms with van der Waals surface area (Å²) in [5.41, 5.74) is 0. The van der Waals surface area contributed by atoms with E-state index in [2.05, 4.69) is 5.32 Å². The molecule has 0 aromatic heterocycles. The highest BCUT2D eigenvalue weighted by molar-refractivity contribution is 6.44. The maximum Gasteiger partial charge on any atom is 0.231 e. The third-order valence-corrected chi connectivity index (χ3v) is 1.27. The van der Waals surface area contributed by atoms with E-state index in [1.807, 2.05) is 0 Å². The molecule has 3 nitrogen and oxygen atoms in total. The predicted molar refractivity (Wildman–Crippen MR) is 31.7 cm³/mol. The number of hydrogen-bond acceptors (Lipinski definition) is 2. The van der Waals surface area contributed by atoms with E-state index >= 15 is 0 Å². The van der Waals surface area contributed by atoms with Crippen LogP contribution in [0.3, 0.4) is 0 Å². The van der Waals surface area contributed by atoms with Crippen LogP contribution in [-0.4, -0.2) is 11.7 Å². The van der Waals surface area contributed by atoms with Crippen molar-refractivity contribution in [1.29, 1.82) is 0 Å². The highest BCUT2D eigenvalue weighted by Crippen LogP contribution is 2.07. The Kier molecular flexibility index (Phi) is 1.53. The molecule has 48 valence electrons. The smallest absolute Gasteiger partial charge is 0.231 e. The lowest BCUT2D eigenvalue weighted by molar-refractivity contribution is -0.126. The van der Waals surface area contributed by atoms with Crippen molar-refractivity contribution < 1.29 is 9.59 Å². The SMILES string of the molecule is O=C1CC(=O)C(Cl)=CN1. The fourth-order valence-electron chi connectivity index (χ4n) is 0.506. The number of ketones is 1. The van der Waals surface area contributed by atoms with Gasteiger partial charge in [0.2, 0.25) is 5.91 Å². The number of carbonyl (C=O) groups is 2. The standard InChI is InChI=1S/C5H4ClNO2/c6-3-2-7-5(9)1-4(3)8/h2H,1H2,(H,7,9). The van der Waals surface area contributed by atoms with E-state index in [1.54, 1.807) is 0 Å². The summed E-state index contributed by atoms with van der Waals surface area (Å²) in [6, 6.07) is 0. The van der Waals surface area contributed by atoms with Crippen LogP contribution in [0, 0.1) is 0 Å². The largest absolute Gasteiger partial charge is 0.331 e. The maximum atomic E-state index is 10.5. The van der Waals surface area contributed by atoms with Crippen molar-refractivity contribution in [3.05, 3.63) is 11.2 Å². The highest BCUT2D eigenvalue weighted by Gasteiger charge is 2.16. The summed E-state index contributed by atoms with van der Waals surface area (Å²) in [6.07, 6.45) is 1.07. The van der Waals surface area contributed by atoms with Crippen molar-refractivity contribution in [2.75, 3.05) is 0 Å². The van der Waals surface area contributed by atoms with Gasteiger partial charge < -0.3 is 5.32 Å². The molecule has 4 heteroatoms. The van der Waals surface area contributed by atoms with Crippen LogP contribution in [0.5, 0.6) is 0 Å². The van der Waals surface area contributed by atoms with E-state index in [4.69, 9.17) is 11.6 Å². The summed E-state index contributed by atoms with van der Waals surface area (Å²) in [6.45, 7) is 0. The molecule has 0 saturated carbocycles. The Labute approximate surface area is 56.7 Å². The lowest BCUT2D eigenvalue weighted by atomic mass is 10.2. The van der Waals surface area contributed by atoms with Crippen LogP contribution < -0.4 is 5.32 Å². The third kappa shape index (κ3) is 1.29. The van der Waals surface area contributed by atoms with Gasteiger partial charge in [-0.2, -0.15) is 0 Å². The third-order valence-electron chi connectivity index (χ3n) is 0.947. The highest BCUT2D eigenvalue weighted by atomic mass is 35.5. The Morgan fingerprint density at radius 3 is 2.67 bits per heavy atom. The van der Waals surface area contributed by atoms with Crippen LogP contribution in [0.15, 0.2) is 11.2 Å². The fourth-order valence-corrected chi connectivity index (χ4v) is 0.627. The van der Waals surface area contributed by atoms with Gasteiger partial charge in [0, 0.05) is 6.20 Å². The van der Waals surface area contributed by atoms with Gasteiger partial charge in [0.15, 0.2) is 5.78 Å². The summed E-state index contributed by atoms with van der Waals surface area (Å²) >= 11 is 5.33. The average Bonchev–Trinajstić information content (AvgIpc) is 1.80. The Hall–Kier alpha value is -0.830. The van der Waals surface area contributed by atoms with E-state index in [-0.39, 0.29) is 23.1 Å². The normalized spacial score (nSPS) is 19.0. The minimum Gasteiger partial charge on any atom is -0.331 e. The molecule has 0 aliphatic carbocycles. The molecular weight excluding hydrogens is 142 g/mol. The van der Waals surface area contributed by atoms with Crippen molar-refractivity contribution in [1.82, 2.24) is 5.32 Å². The number of rotatable bonds is 0. The van der Waals surface area contributed by atoms with Crippen molar-refractivity contribution >= 4 is 23.3 Å². The topological polar surface area (TPSA) is 46.2 Å². The second-order valence-corrected chi connectivity index (χ2v) is 2.07. The first-order valence-electron chi connectivity index (χ1n) is 2.38. The second-order valence-electron chi connectivity index (χ2n) is 1.66. The minimum absolute atomic E-state index is 0.0922. The van der Waals surface area contributed by atoms with Crippen molar-refractivity contribution in [2.24, 2.45) is 0 Å². The Morgan fingerprint density at radius 2 is 2.22 bits per heavy atom. The summed E-state index contributed by atoms with van der Waals surface area (Å²) < 4.78 is 0. The zero-order valence-corrected chi connectivity index (χ0v) is 5.23. The van der Waals surface area contributed by atoms with Crippen molar-refractivity contribution in [3.63, 3.8) is 0 Å². The van der Waals surface area contributed by atoms with Gasteiger partial charge in [-0.25, -0.2) is 0 Å². The van der Waals surface area contributed by atoms with Crippen molar-refractivity contribution in [3.8, 4) is 0 Å². The molecule has 1 rings (SSSR count). The number of carbonyl (C=O) groups excluding carboxylic acids is 2. The van der Waals surface area contributed by atoms with E-state index in [1.165, 1.54) is 6.20 Å². The lowest BCUT2D eigenvalue weighted by Crippen LogP contribution is -2.26. The zero-order valence-electron chi connectivity index (χ0n) is 4.48. The first-order chi connectivity index (χ1) is 4.20. The monoisotopic (exact) mass is 145 g/mol. The molecule has 0 aromatic rings. The van der Waals surface area contributed by atoms with Gasteiger partial charge in [-0.1, -0.05) is 11.6 Å². The van der Waals surface area contributed by atoms with E-state index in [9.17, 15) is 9.59 Å². The first-order valence-corrected chi connectivity index (χ1v) is 2.76. The second kappa shape index (κ2) is 2.19. The molecule has 1 amide bonds. The van der Waals surface area contributed by atoms with Crippen LogP contribution in [0.1, 0.15) is 6.42 Å². The molecule has 1 aliphatic rings. The Bertz CT molecular complexity index is 197. The van der Waals surface area contributed by atoms with Crippen LogP contribution in [0.2, 0.25) is 0 Å². The van der Waals surface area contributed by atoms with Crippen molar-refractivity contribution in [2.45, 2.75) is 6.42 Å². The number of amides is 1. The summed E-state index contributed by atoms with van der Waals surface area (Å²) in [4.78, 5) is 20.9. The molecule has 0 bridgehead atoms. The van der Waals surface area contributed by atoms with Crippen LogP contribution >= 0.6 is 11.6 Å². The molecule has 1 aliphatic heterocycles. The maximum absolute atomic E-state index is 10.5.